The van der Waals surface area contributed by atoms with Crippen molar-refractivity contribution in [3.05, 3.63) is 29.8 Å². The van der Waals surface area contributed by atoms with Crippen molar-refractivity contribution < 1.29 is 13.2 Å². The lowest BCUT2D eigenvalue weighted by Gasteiger charge is -2.17. The van der Waals surface area contributed by atoms with Gasteiger partial charge in [0.25, 0.3) is 0 Å². The summed E-state index contributed by atoms with van der Waals surface area (Å²) in [6.45, 7) is 0.714. The van der Waals surface area contributed by atoms with E-state index in [0.717, 1.165) is 0 Å². The second-order valence-corrected chi connectivity index (χ2v) is 5.85. The van der Waals surface area contributed by atoms with Crippen LogP contribution < -0.4 is 5.73 Å². The Bertz CT molecular complexity index is 460. The fourth-order valence-corrected chi connectivity index (χ4v) is 2.56. The van der Waals surface area contributed by atoms with E-state index in [9.17, 15) is 8.42 Å². The first kappa shape index (κ1) is 14.0. The highest BCUT2D eigenvalue weighted by Crippen LogP contribution is 2.15. The van der Waals surface area contributed by atoms with Crippen molar-refractivity contribution in [1.82, 2.24) is 4.31 Å². The third kappa shape index (κ3) is 3.99. The normalized spacial score (nSPS) is 11.9. The van der Waals surface area contributed by atoms with Crippen LogP contribution in [0.15, 0.2) is 24.3 Å². The molecule has 2 N–H and O–H groups in total. The molecule has 0 aromatic heterocycles. The van der Waals surface area contributed by atoms with E-state index in [4.69, 9.17) is 10.5 Å². The number of hydrogen-bond donors (Lipinski definition) is 1. The molecule has 0 bridgehead atoms. The Labute approximate surface area is 102 Å². The topological polar surface area (TPSA) is 72.6 Å². The van der Waals surface area contributed by atoms with Crippen LogP contribution in [0, 0.1) is 0 Å². The van der Waals surface area contributed by atoms with Crippen LogP contribution in [-0.4, -0.2) is 40.0 Å². The lowest BCUT2D eigenvalue weighted by atomic mass is 10.2. The summed E-state index contributed by atoms with van der Waals surface area (Å²) in [7, 11) is -0.262. The SMILES string of the molecule is COCCN(C)S(=O)(=O)Cc1ccccc1N. The summed E-state index contributed by atoms with van der Waals surface area (Å²) in [6, 6.07) is 6.97. The molecule has 0 spiro atoms. The van der Waals surface area contributed by atoms with Crippen LogP contribution in [0.3, 0.4) is 0 Å². The maximum Gasteiger partial charge on any atom is 0.218 e. The zero-order chi connectivity index (χ0) is 12.9. The molecule has 0 aliphatic heterocycles. The van der Waals surface area contributed by atoms with E-state index in [1.807, 2.05) is 0 Å². The van der Waals surface area contributed by atoms with E-state index in [-0.39, 0.29) is 5.75 Å². The number of anilines is 1. The van der Waals surface area contributed by atoms with Gasteiger partial charge >= 0.3 is 0 Å². The van der Waals surface area contributed by atoms with Gasteiger partial charge < -0.3 is 10.5 Å². The second-order valence-electron chi connectivity index (χ2n) is 3.77. The number of likely N-dealkylation sites (N-methyl/N-ethyl adjacent to an activating group) is 1. The molecule has 0 heterocycles. The van der Waals surface area contributed by atoms with E-state index in [0.29, 0.717) is 24.4 Å². The number of nitrogen functional groups attached to an aromatic ring is 1. The van der Waals surface area contributed by atoms with Crippen LogP contribution in [0.1, 0.15) is 5.56 Å². The van der Waals surface area contributed by atoms with E-state index in [1.165, 1.54) is 18.5 Å². The Morgan fingerprint density at radius 3 is 2.59 bits per heavy atom. The highest BCUT2D eigenvalue weighted by atomic mass is 32.2. The van der Waals surface area contributed by atoms with Crippen LogP contribution in [0.5, 0.6) is 0 Å². The minimum absolute atomic E-state index is 0.0834. The zero-order valence-corrected chi connectivity index (χ0v) is 10.9. The van der Waals surface area contributed by atoms with Gasteiger partial charge in [-0.15, -0.1) is 0 Å². The molecule has 0 atom stereocenters. The van der Waals surface area contributed by atoms with Crippen LogP contribution in [-0.2, 0) is 20.5 Å². The molecule has 1 aromatic carbocycles. The predicted molar refractivity (Wildman–Crippen MR) is 68.0 cm³/mol. The lowest BCUT2D eigenvalue weighted by molar-refractivity contribution is 0.185. The van der Waals surface area contributed by atoms with Gasteiger partial charge in [0.05, 0.1) is 12.4 Å². The monoisotopic (exact) mass is 258 g/mol. The summed E-state index contributed by atoms with van der Waals surface area (Å²) in [6.07, 6.45) is 0. The Balaban J connectivity index is 2.76. The lowest BCUT2D eigenvalue weighted by Crippen LogP contribution is -2.31. The number of methoxy groups -OCH3 is 1. The van der Waals surface area contributed by atoms with Gasteiger partial charge in [0.2, 0.25) is 10.0 Å². The van der Waals surface area contributed by atoms with E-state index < -0.39 is 10.0 Å². The molecule has 0 aliphatic carbocycles. The zero-order valence-electron chi connectivity index (χ0n) is 10.1. The summed E-state index contributed by atoms with van der Waals surface area (Å²) < 4.78 is 30.1. The first-order valence-electron chi connectivity index (χ1n) is 5.23. The number of nitrogens with zero attached hydrogens (tertiary/aromatic N) is 1. The summed E-state index contributed by atoms with van der Waals surface area (Å²) in [5, 5.41) is 0. The van der Waals surface area contributed by atoms with Gasteiger partial charge in [-0.05, 0) is 11.6 Å². The molecule has 0 saturated heterocycles. The molecule has 0 amide bonds. The predicted octanol–water partition coefficient (Wildman–Crippen LogP) is 0.677. The third-order valence-corrected chi connectivity index (χ3v) is 4.29. The minimum atomic E-state index is -3.33. The first-order chi connectivity index (χ1) is 7.97. The van der Waals surface area contributed by atoms with Crippen molar-refractivity contribution in [2.24, 2.45) is 0 Å². The van der Waals surface area contributed by atoms with Crippen molar-refractivity contribution in [2.45, 2.75) is 5.75 Å². The van der Waals surface area contributed by atoms with Gasteiger partial charge in [-0.1, -0.05) is 18.2 Å². The molecule has 96 valence electrons. The number of para-hydroxylation sites is 1. The summed E-state index contributed by atoms with van der Waals surface area (Å²) in [5.41, 5.74) is 6.84. The highest BCUT2D eigenvalue weighted by molar-refractivity contribution is 7.88. The van der Waals surface area contributed by atoms with E-state index >= 15 is 0 Å². The fourth-order valence-electron chi connectivity index (χ4n) is 1.33. The fraction of sp³-hybridized carbons (Fsp3) is 0.455. The van der Waals surface area contributed by atoms with Crippen molar-refractivity contribution in [1.29, 1.82) is 0 Å². The van der Waals surface area contributed by atoms with Crippen LogP contribution in [0.2, 0.25) is 0 Å². The second kappa shape index (κ2) is 6.00. The number of nitrogens with two attached hydrogens (primary N) is 1. The largest absolute Gasteiger partial charge is 0.398 e. The van der Waals surface area contributed by atoms with Gasteiger partial charge in [-0.2, -0.15) is 0 Å². The van der Waals surface area contributed by atoms with Crippen molar-refractivity contribution in [3.8, 4) is 0 Å². The number of ether oxygens (including phenoxy) is 1. The third-order valence-electron chi connectivity index (χ3n) is 2.48. The maximum atomic E-state index is 12.0. The molecule has 0 aliphatic rings. The minimum Gasteiger partial charge on any atom is -0.398 e. The van der Waals surface area contributed by atoms with Gasteiger partial charge in [-0.25, -0.2) is 12.7 Å². The van der Waals surface area contributed by atoms with Gasteiger partial charge in [-0.3, -0.25) is 0 Å². The average Bonchev–Trinajstić information content (AvgIpc) is 2.28. The molecule has 0 fully saturated rings. The number of rotatable bonds is 6. The molecule has 0 unspecified atom stereocenters. The molecule has 0 radical (unpaired) electrons. The molecule has 1 rings (SSSR count). The van der Waals surface area contributed by atoms with Crippen LogP contribution >= 0.6 is 0 Å². The highest BCUT2D eigenvalue weighted by Gasteiger charge is 2.19. The molecule has 17 heavy (non-hydrogen) atoms. The Kier molecular flexibility index (Phi) is 4.92. The molecule has 0 saturated carbocycles. The summed E-state index contributed by atoms with van der Waals surface area (Å²) in [5.74, 6) is -0.0834. The number of benzene rings is 1. The average molecular weight is 258 g/mol. The molecule has 5 nitrogen and oxygen atoms in total. The standard InChI is InChI=1S/C11H18N2O3S/c1-13(7-8-16-2)17(14,15)9-10-5-3-4-6-11(10)12/h3-6H,7-9,12H2,1-2H3. The molecular weight excluding hydrogens is 240 g/mol. The van der Waals surface area contributed by atoms with Crippen LogP contribution in [0.4, 0.5) is 5.69 Å². The van der Waals surface area contributed by atoms with Crippen LogP contribution in [0.25, 0.3) is 0 Å². The smallest absolute Gasteiger partial charge is 0.218 e. The summed E-state index contributed by atoms with van der Waals surface area (Å²) in [4.78, 5) is 0. The van der Waals surface area contributed by atoms with Crippen molar-refractivity contribution in [2.75, 3.05) is 33.0 Å². The van der Waals surface area contributed by atoms with Gasteiger partial charge in [0, 0.05) is 26.4 Å². The van der Waals surface area contributed by atoms with Crippen molar-refractivity contribution >= 4 is 15.7 Å². The Hall–Kier alpha value is -1.11. The maximum absolute atomic E-state index is 12.0. The van der Waals surface area contributed by atoms with Gasteiger partial charge in [0.15, 0.2) is 0 Å². The number of hydrogen-bond acceptors (Lipinski definition) is 4. The summed E-state index contributed by atoms with van der Waals surface area (Å²) >= 11 is 0. The van der Waals surface area contributed by atoms with Crippen molar-refractivity contribution in [3.63, 3.8) is 0 Å². The Morgan fingerprint density at radius 1 is 1.35 bits per heavy atom. The van der Waals surface area contributed by atoms with Gasteiger partial charge in [0.1, 0.15) is 0 Å². The molecule has 6 heteroatoms. The Morgan fingerprint density at radius 2 is 2.00 bits per heavy atom. The van der Waals surface area contributed by atoms with E-state index in [1.54, 1.807) is 24.3 Å². The number of sulfonamides is 1. The van der Waals surface area contributed by atoms with E-state index in [2.05, 4.69) is 0 Å². The quantitative estimate of drug-likeness (QED) is 0.761. The first-order valence-corrected chi connectivity index (χ1v) is 6.84. The molecular formula is C11H18N2O3S. The molecule has 1 aromatic rings.